The van der Waals surface area contributed by atoms with Crippen molar-refractivity contribution >= 4 is 5.97 Å². The first-order valence-electron chi connectivity index (χ1n) is 5.21. The number of hydrogen-bond donors (Lipinski definition) is 2. The van der Waals surface area contributed by atoms with E-state index >= 15 is 0 Å². The van der Waals surface area contributed by atoms with Crippen molar-refractivity contribution in [2.45, 2.75) is 25.6 Å². The van der Waals surface area contributed by atoms with E-state index in [-0.39, 0.29) is 32.0 Å². The molecule has 1 unspecified atom stereocenters. The summed E-state index contributed by atoms with van der Waals surface area (Å²) in [7, 11) is 0. The summed E-state index contributed by atoms with van der Waals surface area (Å²) in [5.41, 5.74) is 0.929. The van der Waals surface area contributed by atoms with Gasteiger partial charge in [-0.1, -0.05) is 30.3 Å². The molecule has 0 bridgehead atoms. The summed E-state index contributed by atoms with van der Waals surface area (Å²) >= 11 is 0. The van der Waals surface area contributed by atoms with Crippen LogP contribution >= 0.6 is 0 Å². The molecule has 0 aliphatic rings. The monoisotopic (exact) mass is 224 g/mol. The summed E-state index contributed by atoms with van der Waals surface area (Å²) < 4.78 is 4.99. The van der Waals surface area contributed by atoms with Crippen LogP contribution in [0, 0.1) is 0 Å². The summed E-state index contributed by atoms with van der Waals surface area (Å²) in [6.45, 7) is -0.0825. The van der Waals surface area contributed by atoms with E-state index in [4.69, 9.17) is 14.9 Å². The quantitative estimate of drug-likeness (QED) is 0.703. The number of aliphatic hydroxyl groups excluding tert-OH is 2. The van der Waals surface area contributed by atoms with Crippen molar-refractivity contribution in [3.8, 4) is 0 Å². The average molecular weight is 224 g/mol. The smallest absolute Gasteiger partial charge is 0.306 e. The maximum atomic E-state index is 11.2. The SMILES string of the molecule is O=C(CCC(O)CO)OCc1ccccc1. The summed E-state index contributed by atoms with van der Waals surface area (Å²) in [6.07, 6.45) is -0.497. The van der Waals surface area contributed by atoms with Crippen molar-refractivity contribution in [2.24, 2.45) is 0 Å². The summed E-state index contributed by atoms with van der Waals surface area (Å²) in [5, 5.41) is 17.6. The predicted octanol–water partition coefficient (Wildman–Crippen LogP) is 0.863. The van der Waals surface area contributed by atoms with Gasteiger partial charge < -0.3 is 14.9 Å². The van der Waals surface area contributed by atoms with Crippen molar-refractivity contribution in [2.75, 3.05) is 6.61 Å². The number of rotatable bonds is 6. The van der Waals surface area contributed by atoms with Crippen molar-refractivity contribution in [3.05, 3.63) is 35.9 Å². The Morgan fingerprint density at radius 1 is 1.31 bits per heavy atom. The number of aliphatic hydroxyl groups is 2. The lowest BCUT2D eigenvalue weighted by Crippen LogP contribution is -2.15. The molecule has 0 saturated carbocycles. The minimum Gasteiger partial charge on any atom is -0.461 e. The van der Waals surface area contributed by atoms with Crippen LogP contribution in [-0.2, 0) is 16.1 Å². The van der Waals surface area contributed by atoms with Gasteiger partial charge in [-0.2, -0.15) is 0 Å². The van der Waals surface area contributed by atoms with Gasteiger partial charge in [0.15, 0.2) is 0 Å². The molecule has 16 heavy (non-hydrogen) atoms. The molecule has 0 heterocycles. The van der Waals surface area contributed by atoms with E-state index in [0.29, 0.717) is 0 Å². The Morgan fingerprint density at radius 3 is 2.62 bits per heavy atom. The van der Waals surface area contributed by atoms with Crippen molar-refractivity contribution < 1.29 is 19.7 Å². The third kappa shape index (κ3) is 4.91. The molecule has 0 radical (unpaired) electrons. The molecule has 1 atom stereocenters. The van der Waals surface area contributed by atoms with E-state index in [9.17, 15) is 4.79 Å². The first kappa shape index (κ1) is 12.7. The van der Waals surface area contributed by atoms with Crippen molar-refractivity contribution in [3.63, 3.8) is 0 Å². The van der Waals surface area contributed by atoms with E-state index in [0.717, 1.165) is 5.56 Å². The number of carbonyl (C=O) groups is 1. The average Bonchev–Trinajstić information content (AvgIpc) is 2.34. The van der Waals surface area contributed by atoms with Gasteiger partial charge in [0, 0.05) is 6.42 Å². The van der Waals surface area contributed by atoms with Crippen molar-refractivity contribution in [1.82, 2.24) is 0 Å². The molecule has 1 aromatic carbocycles. The van der Waals surface area contributed by atoms with Gasteiger partial charge in [0.05, 0.1) is 12.7 Å². The van der Waals surface area contributed by atoms with E-state index in [1.54, 1.807) is 0 Å². The molecule has 0 aliphatic heterocycles. The maximum absolute atomic E-state index is 11.2. The standard InChI is InChI=1S/C12H16O4/c13-8-11(14)6-7-12(15)16-9-10-4-2-1-3-5-10/h1-5,11,13-14H,6-9H2. The number of hydrogen-bond acceptors (Lipinski definition) is 4. The molecule has 2 N–H and O–H groups in total. The third-order valence-electron chi connectivity index (χ3n) is 2.14. The maximum Gasteiger partial charge on any atom is 0.306 e. The molecular weight excluding hydrogens is 208 g/mol. The zero-order valence-corrected chi connectivity index (χ0v) is 9.00. The molecule has 88 valence electrons. The number of esters is 1. The highest BCUT2D eigenvalue weighted by Crippen LogP contribution is 2.03. The fourth-order valence-electron chi connectivity index (χ4n) is 1.19. The number of carbonyl (C=O) groups excluding carboxylic acids is 1. The van der Waals surface area contributed by atoms with Crippen LogP contribution in [0.1, 0.15) is 18.4 Å². The zero-order chi connectivity index (χ0) is 11.8. The Labute approximate surface area is 94.5 Å². The molecule has 4 nitrogen and oxygen atoms in total. The fraction of sp³-hybridized carbons (Fsp3) is 0.417. The third-order valence-corrected chi connectivity index (χ3v) is 2.14. The van der Waals surface area contributed by atoms with Gasteiger partial charge in [-0.3, -0.25) is 4.79 Å². The fourth-order valence-corrected chi connectivity index (χ4v) is 1.19. The Hall–Kier alpha value is -1.39. The molecule has 4 heteroatoms. The van der Waals surface area contributed by atoms with Crippen LogP contribution in [0.3, 0.4) is 0 Å². The van der Waals surface area contributed by atoms with Gasteiger partial charge in [0.1, 0.15) is 6.61 Å². The normalized spacial score (nSPS) is 12.1. The Kier molecular flexibility index (Phi) is 5.53. The summed E-state index contributed by atoms with van der Waals surface area (Å²) in [4.78, 5) is 11.2. The molecule has 0 spiro atoms. The molecule has 0 aromatic heterocycles. The number of benzene rings is 1. The van der Waals surface area contributed by atoms with Crippen LogP contribution in [0.25, 0.3) is 0 Å². The minimum atomic E-state index is -0.843. The van der Waals surface area contributed by atoms with Gasteiger partial charge in [-0.25, -0.2) is 0 Å². The van der Waals surface area contributed by atoms with Crippen LogP contribution < -0.4 is 0 Å². The van der Waals surface area contributed by atoms with Crippen LogP contribution in [0.15, 0.2) is 30.3 Å². The second-order valence-electron chi connectivity index (χ2n) is 3.52. The van der Waals surface area contributed by atoms with Gasteiger partial charge in [0.25, 0.3) is 0 Å². The first-order valence-corrected chi connectivity index (χ1v) is 5.21. The molecule has 0 aliphatic carbocycles. The molecule has 1 rings (SSSR count). The molecule has 0 fully saturated rings. The second-order valence-corrected chi connectivity index (χ2v) is 3.52. The van der Waals surface area contributed by atoms with Crippen molar-refractivity contribution in [1.29, 1.82) is 0 Å². The van der Waals surface area contributed by atoms with Gasteiger partial charge >= 0.3 is 5.97 Å². The lowest BCUT2D eigenvalue weighted by atomic mass is 10.2. The zero-order valence-electron chi connectivity index (χ0n) is 9.00. The van der Waals surface area contributed by atoms with Gasteiger partial charge in [0.2, 0.25) is 0 Å². The van der Waals surface area contributed by atoms with E-state index in [1.165, 1.54) is 0 Å². The number of ether oxygens (including phenoxy) is 1. The molecular formula is C12H16O4. The highest BCUT2D eigenvalue weighted by molar-refractivity contribution is 5.69. The topological polar surface area (TPSA) is 66.8 Å². The van der Waals surface area contributed by atoms with Crippen LogP contribution in [0.4, 0.5) is 0 Å². The lowest BCUT2D eigenvalue weighted by molar-refractivity contribution is -0.145. The molecule has 1 aromatic rings. The summed E-state index contributed by atoms with van der Waals surface area (Å²) in [6, 6.07) is 9.38. The Bertz CT molecular complexity index is 310. The highest BCUT2D eigenvalue weighted by Gasteiger charge is 2.08. The summed E-state index contributed by atoms with van der Waals surface area (Å²) in [5.74, 6) is -0.364. The minimum absolute atomic E-state index is 0.120. The largest absolute Gasteiger partial charge is 0.461 e. The van der Waals surface area contributed by atoms with E-state index < -0.39 is 6.10 Å². The lowest BCUT2D eigenvalue weighted by Gasteiger charge is -2.07. The van der Waals surface area contributed by atoms with Crippen LogP contribution in [0.2, 0.25) is 0 Å². The van der Waals surface area contributed by atoms with Crippen LogP contribution in [-0.4, -0.2) is 28.9 Å². The molecule has 0 saturated heterocycles. The predicted molar refractivity (Wildman–Crippen MR) is 58.6 cm³/mol. The van der Waals surface area contributed by atoms with Gasteiger partial charge in [-0.15, -0.1) is 0 Å². The van der Waals surface area contributed by atoms with E-state index in [1.807, 2.05) is 30.3 Å². The highest BCUT2D eigenvalue weighted by atomic mass is 16.5. The first-order chi connectivity index (χ1) is 7.72. The Morgan fingerprint density at radius 2 is 2.00 bits per heavy atom. The van der Waals surface area contributed by atoms with Gasteiger partial charge in [-0.05, 0) is 12.0 Å². The van der Waals surface area contributed by atoms with E-state index in [2.05, 4.69) is 0 Å². The molecule has 0 amide bonds. The second kappa shape index (κ2) is 6.98. The van der Waals surface area contributed by atoms with Crippen LogP contribution in [0.5, 0.6) is 0 Å². The Balaban J connectivity index is 2.20.